The topological polar surface area (TPSA) is 55.8 Å². The molecule has 160 valence electrons. The molecule has 0 aliphatic carbocycles. The van der Waals surface area contributed by atoms with Crippen LogP contribution in [0.4, 0.5) is 4.79 Å². The van der Waals surface area contributed by atoms with Gasteiger partial charge >= 0.3 is 6.09 Å². The van der Waals surface area contributed by atoms with Gasteiger partial charge in [-0.2, -0.15) is 0 Å². The Morgan fingerprint density at radius 1 is 1.00 bits per heavy atom. The molecule has 1 heterocycles. The zero-order valence-corrected chi connectivity index (χ0v) is 20.2. The SMILES string of the molecule is CC(C)(C)OC(=O)N1C(=O)C=C[C@@H]1[C@](C)(O[Si](C)(C)C(C)(C)C)c1ccccc1. The van der Waals surface area contributed by atoms with Crippen LogP contribution in [-0.2, 0) is 19.6 Å². The molecular weight excluding hydrogens is 382 g/mol. The maximum Gasteiger partial charge on any atom is 0.417 e. The second-order valence-electron chi connectivity index (χ2n) is 10.3. The Balaban J connectivity index is 2.55. The fourth-order valence-corrected chi connectivity index (χ4v) is 4.77. The Kier molecular flexibility index (Phi) is 6.22. The van der Waals surface area contributed by atoms with E-state index < -0.39 is 31.7 Å². The molecule has 0 unspecified atom stereocenters. The Morgan fingerprint density at radius 3 is 2.03 bits per heavy atom. The van der Waals surface area contributed by atoms with Crippen molar-refractivity contribution < 1.29 is 18.8 Å². The van der Waals surface area contributed by atoms with Crippen molar-refractivity contribution in [2.75, 3.05) is 0 Å². The predicted octanol–water partition coefficient (Wildman–Crippen LogP) is 5.63. The molecule has 2 amide bonds. The van der Waals surface area contributed by atoms with Gasteiger partial charge in [0.15, 0.2) is 8.32 Å². The van der Waals surface area contributed by atoms with Gasteiger partial charge in [-0.05, 0) is 51.4 Å². The van der Waals surface area contributed by atoms with Gasteiger partial charge in [-0.1, -0.05) is 57.2 Å². The summed E-state index contributed by atoms with van der Waals surface area (Å²) in [6.07, 6.45) is 2.54. The lowest BCUT2D eigenvalue weighted by molar-refractivity contribution is -0.129. The molecule has 0 radical (unpaired) electrons. The number of benzene rings is 1. The van der Waals surface area contributed by atoms with Crippen molar-refractivity contribution in [3.05, 3.63) is 48.0 Å². The van der Waals surface area contributed by atoms with E-state index in [1.165, 1.54) is 11.0 Å². The van der Waals surface area contributed by atoms with E-state index in [0.29, 0.717) is 0 Å². The minimum absolute atomic E-state index is 0.0356. The summed E-state index contributed by atoms with van der Waals surface area (Å²) in [5.74, 6) is -0.384. The van der Waals surface area contributed by atoms with E-state index in [4.69, 9.17) is 9.16 Å². The Bertz CT molecular complexity index is 789. The lowest BCUT2D eigenvalue weighted by Crippen LogP contribution is -2.57. The molecule has 0 saturated carbocycles. The molecule has 2 atom stereocenters. The van der Waals surface area contributed by atoms with E-state index in [1.54, 1.807) is 26.8 Å². The van der Waals surface area contributed by atoms with Crippen LogP contribution >= 0.6 is 0 Å². The molecule has 2 rings (SSSR count). The van der Waals surface area contributed by atoms with E-state index >= 15 is 0 Å². The number of rotatable bonds is 4. The zero-order valence-electron chi connectivity index (χ0n) is 19.2. The number of amides is 2. The predicted molar refractivity (Wildman–Crippen MR) is 118 cm³/mol. The first-order chi connectivity index (χ1) is 13.1. The first kappa shape index (κ1) is 23.4. The largest absolute Gasteiger partial charge is 0.443 e. The first-order valence-electron chi connectivity index (χ1n) is 10.1. The Morgan fingerprint density at radius 2 is 1.55 bits per heavy atom. The van der Waals surface area contributed by atoms with E-state index in [-0.39, 0.29) is 10.9 Å². The summed E-state index contributed by atoms with van der Waals surface area (Å²) >= 11 is 0. The summed E-state index contributed by atoms with van der Waals surface area (Å²) in [7, 11) is -2.25. The number of hydrogen-bond acceptors (Lipinski definition) is 4. The van der Waals surface area contributed by atoms with E-state index in [2.05, 4.69) is 33.9 Å². The fraction of sp³-hybridized carbons (Fsp3) is 0.565. The van der Waals surface area contributed by atoms with Crippen LogP contribution < -0.4 is 0 Å². The molecule has 29 heavy (non-hydrogen) atoms. The monoisotopic (exact) mass is 417 g/mol. The van der Waals surface area contributed by atoms with Crippen LogP contribution in [0.3, 0.4) is 0 Å². The minimum atomic E-state index is -2.25. The molecular formula is C23H35NO4Si. The van der Waals surface area contributed by atoms with Gasteiger partial charge in [0, 0.05) is 6.08 Å². The van der Waals surface area contributed by atoms with Crippen molar-refractivity contribution in [2.45, 2.75) is 83.8 Å². The number of carbonyl (C=O) groups is 2. The lowest BCUT2D eigenvalue weighted by atomic mass is 9.88. The van der Waals surface area contributed by atoms with Crippen molar-refractivity contribution in [3.8, 4) is 0 Å². The van der Waals surface area contributed by atoms with Gasteiger partial charge in [0.2, 0.25) is 0 Å². The molecule has 5 nitrogen and oxygen atoms in total. The maximum absolute atomic E-state index is 12.9. The van der Waals surface area contributed by atoms with Crippen molar-refractivity contribution in [1.29, 1.82) is 0 Å². The summed E-state index contributed by atoms with van der Waals surface area (Å²) in [6.45, 7) is 18.2. The summed E-state index contributed by atoms with van der Waals surface area (Å²) in [4.78, 5) is 26.8. The number of imide groups is 1. The number of ether oxygens (including phenoxy) is 1. The van der Waals surface area contributed by atoms with Gasteiger partial charge < -0.3 is 9.16 Å². The van der Waals surface area contributed by atoms with Crippen LogP contribution in [0.25, 0.3) is 0 Å². The van der Waals surface area contributed by atoms with Crippen LogP contribution in [0, 0.1) is 0 Å². The number of carbonyl (C=O) groups excluding carboxylic acids is 2. The standard InChI is InChI=1S/C23H35NO4Si/c1-21(2,3)27-20(26)24-18(15-16-19(24)25)23(7,17-13-11-10-12-14-17)28-29(8,9)22(4,5)6/h10-16,18H,1-9H3/t18-,23-/m1/s1. The van der Waals surface area contributed by atoms with E-state index in [1.807, 2.05) is 37.3 Å². The van der Waals surface area contributed by atoms with Crippen LogP contribution in [0.5, 0.6) is 0 Å². The first-order valence-corrected chi connectivity index (χ1v) is 13.0. The summed E-state index contributed by atoms with van der Waals surface area (Å²) in [6, 6.07) is 9.20. The van der Waals surface area contributed by atoms with Crippen LogP contribution in [-0.4, -0.2) is 36.9 Å². The molecule has 1 aromatic carbocycles. The van der Waals surface area contributed by atoms with Gasteiger partial charge in [0.05, 0.1) is 6.04 Å². The van der Waals surface area contributed by atoms with Crippen LogP contribution in [0.15, 0.2) is 42.5 Å². The van der Waals surface area contributed by atoms with Crippen LogP contribution in [0.1, 0.15) is 54.0 Å². The molecule has 0 fully saturated rings. The second-order valence-corrected chi connectivity index (χ2v) is 15.1. The average molecular weight is 418 g/mol. The zero-order chi connectivity index (χ0) is 22.3. The highest BCUT2D eigenvalue weighted by molar-refractivity contribution is 6.74. The van der Waals surface area contributed by atoms with Crippen LogP contribution in [0.2, 0.25) is 18.1 Å². The van der Waals surface area contributed by atoms with Crippen molar-refractivity contribution in [2.24, 2.45) is 0 Å². The quantitative estimate of drug-likeness (QED) is 0.596. The summed E-state index contributed by atoms with van der Waals surface area (Å²) in [5.41, 5.74) is -0.680. The van der Waals surface area contributed by atoms with Gasteiger partial charge in [-0.3, -0.25) is 4.79 Å². The Hall–Kier alpha value is -1.92. The maximum atomic E-state index is 12.9. The van der Waals surface area contributed by atoms with Gasteiger partial charge in [0.25, 0.3) is 5.91 Å². The van der Waals surface area contributed by atoms with E-state index in [0.717, 1.165) is 5.56 Å². The lowest BCUT2D eigenvalue weighted by Gasteiger charge is -2.48. The van der Waals surface area contributed by atoms with Gasteiger partial charge in [-0.15, -0.1) is 0 Å². The molecule has 1 aliphatic heterocycles. The summed E-state index contributed by atoms with van der Waals surface area (Å²) < 4.78 is 12.4. The molecule has 0 saturated heterocycles. The molecule has 0 N–H and O–H groups in total. The highest BCUT2D eigenvalue weighted by Gasteiger charge is 2.52. The molecule has 0 aromatic heterocycles. The average Bonchev–Trinajstić information content (AvgIpc) is 2.95. The smallest absolute Gasteiger partial charge is 0.417 e. The number of nitrogens with zero attached hydrogens (tertiary/aromatic N) is 1. The normalized spacial score (nSPS) is 20.0. The third-order valence-electron chi connectivity index (χ3n) is 5.71. The molecule has 1 aliphatic rings. The molecule has 0 bridgehead atoms. The minimum Gasteiger partial charge on any atom is -0.443 e. The van der Waals surface area contributed by atoms with Crippen molar-refractivity contribution in [1.82, 2.24) is 4.90 Å². The molecule has 1 aromatic rings. The second kappa shape index (κ2) is 7.72. The molecule has 0 spiro atoms. The third kappa shape index (κ3) is 4.98. The van der Waals surface area contributed by atoms with Gasteiger partial charge in [-0.25, -0.2) is 9.69 Å². The third-order valence-corrected chi connectivity index (χ3v) is 10.3. The van der Waals surface area contributed by atoms with Gasteiger partial charge in [0.1, 0.15) is 11.2 Å². The number of hydrogen-bond donors (Lipinski definition) is 0. The van der Waals surface area contributed by atoms with Crippen molar-refractivity contribution in [3.63, 3.8) is 0 Å². The van der Waals surface area contributed by atoms with E-state index in [9.17, 15) is 9.59 Å². The fourth-order valence-electron chi connectivity index (χ4n) is 3.16. The highest BCUT2D eigenvalue weighted by atomic mass is 28.4. The molecule has 6 heteroatoms. The Labute approximate surface area is 176 Å². The summed E-state index contributed by atoms with van der Waals surface area (Å²) in [5, 5.41) is -0.0356. The van der Waals surface area contributed by atoms with Crippen molar-refractivity contribution >= 4 is 20.3 Å². The highest BCUT2D eigenvalue weighted by Crippen LogP contribution is 2.45.